The van der Waals surface area contributed by atoms with Gasteiger partial charge >= 0.3 is 0 Å². The SMILES string of the molecule is O=S1(=O)C(CS)=Cc2cc(Br)ccc21. The Labute approximate surface area is 96.5 Å². The van der Waals surface area contributed by atoms with Gasteiger partial charge in [-0.3, -0.25) is 0 Å². The van der Waals surface area contributed by atoms with Crippen LogP contribution in [0.1, 0.15) is 5.56 Å². The normalized spacial score (nSPS) is 17.7. The van der Waals surface area contributed by atoms with Gasteiger partial charge < -0.3 is 0 Å². The molecule has 1 aliphatic rings. The third-order valence-electron chi connectivity index (χ3n) is 2.08. The van der Waals surface area contributed by atoms with Crippen LogP contribution in [0.5, 0.6) is 0 Å². The first-order valence-corrected chi connectivity index (χ1v) is 6.82. The summed E-state index contributed by atoms with van der Waals surface area (Å²) in [5.74, 6) is 0.245. The topological polar surface area (TPSA) is 34.1 Å². The summed E-state index contributed by atoms with van der Waals surface area (Å²) in [5.41, 5.74) is 0.739. The van der Waals surface area contributed by atoms with Crippen molar-refractivity contribution in [2.45, 2.75) is 4.90 Å². The molecule has 0 N–H and O–H groups in total. The first-order valence-electron chi connectivity index (χ1n) is 3.92. The third-order valence-corrected chi connectivity index (χ3v) is 5.03. The molecule has 1 aliphatic heterocycles. The molecule has 1 heterocycles. The van der Waals surface area contributed by atoms with Crippen molar-refractivity contribution in [2.75, 3.05) is 5.75 Å². The molecule has 0 aliphatic carbocycles. The highest BCUT2D eigenvalue weighted by Gasteiger charge is 2.28. The van der Waals surface area contributed by atoms with Crippen molar-refractivity contribution in [1.29, 1.82) is 0 Å². The van der Waals surface area contributed by atoms with Crippen LogP contribution in [-0.2, 0) is 9.84 Å². The van der Waals surface area contributed by atoms with Crippen molar-refractivity contribution in [3.05, 3.63) is 33.1 Å². The maximum Gasteiger partial charge on any atom is 0.204 e. The van der Waals surface area contributed by atoms with Crippen LogP contribution < -0.4 is 0 Å². The molecular formula is C9H7BrO2S2. The number of sulfone groups is 1. The second-order valence-electron chi connectivity index (χ2n) is 2.95. The molecular weight excluding hydrogens is 284 g/mol. The van der Waals surface area contributed by atoms with Crippen molar-refractivity contribution in [3.8, 4) is 0 Å². The maximum atomic E-state index is 11.8. The Bertz CT molecular complexity index is 518. The van der Waals surface area contributed by atoms with Crippen LogP contribution in [0.25, 0.3) is 6.08 Å². The molecule has 0 radical (unpaired) electrons. The number of thiol groups is 1. The molecule has 2 rings (SSSR count). The summed E-state index contributed by atoms with van der Waals surface area (Å²) in [6.07, 6.45) is 1.67. The van der Waals surface area contributed by atoms with Crippen LogP contribution in [0.4, 0.5) is 0 Å². The van der Waals surface area contributed by atoms with Gasteiger partial charge in [0.25, 0.3) is 0 Å². The van der Waals surface area contributed by atoms with E-state index in [1.165, 1.54) is 0 Å². The van der Waals surface area contributed by atoms with Gasteiger partial charge in [0.1, 0.15) is 0 Å². The van der Waals surface area contributed by atoms with E-state index in [2.05, 4.69) is 28.6 Å². The number of hydrogen-bond donors (Lipinski definition) is 1. The lowest BCUT2D eigenvalue weighted by molar-refractivity contribution is 0.603. The Morgan fingerprint density at radius 3 is 2.71 bits per heavy atom. The van der Waals surface area contributed by atoms with Gasteiger partial charge in [-0.2, -0.15) is 12.6 Å². The van der Waals surface area contributed by atoms with E-state index in [4.69, 9.17) is 0 Å². The molecule has 0 saturated carbocycles. The first-order chi connectivity index (χ1) is 6.55. The van der Waals surface area contributed by atoms with Gasteiger partial charge in [-0.15, -0.1) is 0 Å². The molecule has 0 fully saturated rings. The summed E-state index contributed by atoms with van der Waals surface area (Å²) in [4.78, 5) is 0.749. The maximum absolute atomic E-state index is 11.8. The van der Waals surface area contributed by atoms with Gasteiger partial charge in [0.15, 0.2) is 0 Å². The van der Waals surface area contributed by atoms with Crippen LogP contribution in [0, 0.1) is 0 Å². The highest BCUT2D eigenvalue weighted by molar-refractivity contribution is 9.10. The summed E-state index contributed by atoms with van der Waals surface area (Å²) in [5, 5.41) is 0. The Morgan fingerprint density at radius 2 is 2.07 bits per heavy atom. The average Bonchev–Trinajstić information content (AvgIpc) is 2.37. The van der Waals surface area contributed by atoms with Crippen molar-refractivity contribution < 1.29 is 8.42 Å². The highest BCUT2D eigenvalue weighted by Crippen LogP contribution is 2.34. The molecule has 1 aromatic rings. The minimum atomic E-state index is -3.25. The van der Waals surface area contributed by atoms with Crippen LogP contribution in [0.2, 0.25) is 0 Å². The van der Waals surface area contributed by atoms with Crippen molar-refractivity contribution in [2.24, 2.45) is 0 Å². The lowest BCUT2D eigenvalue weighted by atomic mass is 10.2. The van der Waals surface area contributed by atoms with Crippen LogP contribution in [-0.4, -0.2) is 14.2 Å². The van der Waals surface area contributed by atoms with Crippen LogP contribution in [0.15, 0.2) is 32.5 Å². The van der Waals surface area contributed by atoms with Crippen LogP contribution >= 0.6 is 28.6 Å². The monoisotopic (exact) mass is 290 g/mol. The summed E-state index contributed by atoms with van der Waals surface area (Å²) in [7, 11) is -3.25. The van der Waals surface area contributed by atoms with Crippen molar-refractivity contribution >= 4 is 44.5 Å². The zero-order valence-electron chi connectivity index (χ0n) is 7.07. The summed E-state index contributed by atoms with van der Waals surface area (Å²) >= 11 is 7.30. The Morgan fingerprint density at radius 1 is 1.36 bits per heavy atom. The minimum absolute atomic E-state index is 0.245. The molecule has 0 unspecified atom stereocenters. The minimum Gasteiger partial charge on any atom is -0.219 e. The van der Waals surface area contributed by atoms with E-state index in [-0.39, 0.29) is 5.75 Å². The van der Waals surface area contributed by atoms with Gasteiger partial charge in [0.05, 0.1) is 9.80 Å². The molecule has 0 spiro atoms. The molecule has 74 valence electrons. The fraction of sp³-hybridized carbons (Fsp3) is 0.111. The standard InChI is InChI=1S/C9H7BrO2S2/c10-7-1-2-9-6(3-7)4-8(5-13)14(9,11)12/h1-4,13H,5H2. The zero-order chi connectivity index (χ0) is 10.3. The number of benzene rings is 1. The summed E-state index contributed by atoms with van der Waals surface area (Å²) < 4.78 is 24.5. The molecule has 1 aromatic carbocycles. The van der Waals surface area contributed by atoms with Crippen molar-refractivity contribution in [1.82, 2.24) is 0 Å². The highest BCUT2D eigenvalue weighted by atomic mass is 79.9. The predicted molar refractivity (Wildman–Crippen MR) is 63.2 cm³/mol. The van der Waals surface area contributed by atoms with E-state index < -0.39 is 9.84 Å². The second-order valence-corrected chi connectivity index (χ2v) is 6.16. The van der Waals surface area contributed by atoms with E-state index in [1.807, 2.05) is 0 Å². The lowest BCUT2D eigenvalue weighted by Crippen LogP contribution is -2.01. The third kappa shape index (κ3) is 1.43. The second kappa shape index (κ2) is 3.40. The van der Waals surface area contributed by atoms with Crippen molar-refractivity contribution in [3.63, 3.8) is 0 Å². The summed E-state index contributed by atoms with van der Waals surface area (Å²) in [6.45, 7) is 0. The van der Waals surface area contributed by atoms with E-state index in [0.717, 1.165) is 10.0 Å². The van der Waals surface area contributed by atoms with E-state index in [0.29, 0.717) is 9.80 Å². The predicted octanol–water partition coefficient (Wildman–Crippen LogP) is 2.51. The molecule has 5 heteroatoms. The fourth-order valence-corrected chi connectivity index (χ4v) is 3.79. The van der Waals surface area contributed by atoms with Gasteiger partial charge in [-0.1, -0.05) is 15.9 Å². The largest absolute Gasteiger partial charge is 0.219 e. The van der Waals surface area contributed by atoms with Crippen LogP contribution in [0.3, 0.4) is 0 Å². The van der Waals surface area contributed by atoms with Gasteiger partial charge in [0, 0.05) is 10.2 Å². The molecule has 2 nitrogen and oxygen atoms in total. The molecule has 14 heavy (non-hydrogen) atoms. The first kappa shape index (κ1) is 10.3. The molecule has 0 saturated heterocycles. The number of hydrogen-bond acceptors (Lipinski definition) is 3. The molecule has 0 aromatic heterocycles. The van der Waals surface area contributed by atoms with Gasteiger partial charge in [-0.25, -0.2) is 8.42 Å². The van der Waals surface area contributed by atoms with E-state index in [9.17, 15) is 8.42 Å². The fourth-order valence-electron chi connectivity index (χ4n) is 1.40. The van der Waals surface area contributed by atoms with Gasteiger partial charge in [0.2, 0.25) is 9.84 Å². The zero-order valence-corrected chi connectivity index (χ0v) is 10.4. The average molecular weight is 291 g/mol. The number of halogens is 1. The number of rotatable bonds is 1. The summed E-state index contributed by atoms with van der Waals surface area (Å²) in [6, 6.07) is 5.14. The lowest BCUT2D eigenvalue weighted by Gasteiger charge is -2.00. The Balaban J connectivity index is 2.71. The quantitative estimate of drug-likeness (QED) is 0.807. The van der Waals surface area contributed by atoms with E-state index in [1.54, 1.807) is 24.3 Å². The molecule has 0 bridgehead atoms. The number of fused-ring (bicyclic) bond motifs is 1. The molecule has 0 atom stereocenters. The Kier molecular flexibility index (Phi) is 2.49. The smallest absolute Gasteiger partial charge is 0.204 e. The van der Waals surface area contributed by atoms with E-state index >= 15 is 0 Å². The molecule has 0 amide bonds. The Hall–Kier alpha value is -0.260. The van der Waals surface area contributed by atoms with Gasteiger partial charge in [-0.05, 0) is 29.8 Å².